The molecule has 0 rings (SSSR count). The van der Waals surface area contributed by atoms with Crippen molar-refractivity contribution in [2.45, 2.75) is 26.3 Å². The highest BCUT2D eigenvalue weighted by Gasteiger charge is 2.30. The van der Waals surface area contributed by atoms with Crippen LogP contribution >= 0.6 is 12.4 Å². The highest BCUT2D eigenvalue weighted by molar-refractivity contribution is 5.85. The average molecular weight is 226 g/mol. The number of rotatable bonds is 5. The normalized spacial score (nSPS) is 12.9. The predicted octanol–water partition coefficient (Wildman–Crippen LogP) is 0.971. The van der Waals surface area contributed by atoms with Crippen molar-refractivity contribution < 1.29 is 14.3 Å². The molecule has 0 aliphatic rings. The average Bonchev–Trinajstić information content (AvgIpc) is 2.02. The fraction of sp³-hybridized carbons (Fsp3) is 0.889. The van der Waals surface area contributed by atoms with Gasteiger partial charge in [0.1, 0.15) is 0 Å². The number of hydrogen-bond donors (Lipinski definition) is 1. The van der Waals surface area contributed by atoms with E-state index in [9.17, 15) is 4.79 Å². The molecule has 86 valence electrons. The Hall–Kier alpha value is -0.320. The summed E-state index contributed by atoms with van der Waals surface area (Å²) in [6.07, 6.45) is 0.563. The third-order valence-corrected chi connectivity index (χ3v) is 1.89. The van der Waals surface area contributed by atoms with E-state index in [0.29, 0.717) is 13.0 Å². The van der Waals surface area contributed by atoms with Gasteiger partial charge in [-0.15, -0.1) is 12.4 Å². The van der Waals surface area contributed by atoms with Crippen LogP contribution in [0.3, 0.4) is 0 Å². The fourth-order valence-corrected chi connectivity index (χ4v) is 1.29. The van der Waals surface area contributed by atoms with Gasteiger partial charge < -0.3 is 15.2 Å². The van der Waals surface area contributed by atoms with Crippen LogP contribution in [0, 0.1) is 5.41 Å². The second-order valence-corrected chi connectivity index (χ2v) is 3.80. The Morgan fingerprint density at radius 3 is 2.29 bits per heavy atom. The van der Waals surface area contributed by atoms with Gasteiger partial charge in [0.2, 0.25) is 0 Å². The summed E-state index contributed by atoms with van der Waals surface area (Å²) in [5.74, 6) is -0.237. The Labute approximate surface area is 91.5 Å². The van der Waals surface area contributed by atoms with Gasteiger partial charge in [0.25, 0.3) is 0 Å². The second-order valence-electron chi connectivity index (χ2n) is 3.80. The molecule has 4 nitrogen and oxygen atoms in total. The zero-order valence-corrected chi connectivity index (χ0v) is 10.0. The van der Waals surface area contributed by atoms with Crippen molar-refractivity contribution in [3.8, 4) is 0 Å². The van der Waals surface area contributed by atoms with E-state index in [4.69, 9.17) is 10.5 Å². The van der Waals surface area contributed by atoms with Gasteiger partial charge in [0.15, 0.2) is 0 Å². The number of methoxy groups -OCH3 is 2. The molecule has 0 aliphatic carbocycles. The summed E-state index contributed by atoms with van der Waals surface area (Å²) in [5, 5.41) is 0. The minimum Gasteiger partial charge on any atom is -0.469 e. The SMILES string of the molecule is COCC(N)CC(C)(C)C(=O)OC.Cl. The number of carbonyl (C=O) groups excluding carboxylic acids is 1. The smallest absolute Gasteiger partial charge is 0.311 e. The summed E-state index contributed by atoms with van der Waals surface area (Å²) in [6, 6.07) is -0.126. The first-order valence-electron chi connectivity index (χ1n) is 4.27. The van der Waals surface area contributed by atoms with E-state index in [0.717, 1.165) is 0 Å². The van der Waals surface area contributed by atoms with E-state index in [2.05, 4.69) is 4.74 Å². The van der Waals surface area contributed by atoms with E-state index in [1.807, 2.05) is 13.8 Å². The van der Waals surface area contributed by atoms with Gasteiger partial charge in [-0.25, -0.2) is 0 Å². The Kier molecular flexibility index (Phi) is 8.10. The van der Waals surface area contributed by atoms with Crippen molar-refractivity contribution in [2.75, 3.05) is 20.8 Å². The van der Waals surface area contributed by atoms with Crippen molar-refractivity contribution in [1.29, 1.82) is 0 Å². The van der Waals surface area contributed by atoms with E-state index >= 15 is 0 Å². The number of halogens is 1. The third-order valence-electron chi connectivity index (χ3n) is 1.89. The molecule has 5 heteroatoms. The lowest BCUT2D eigenvalue weighted by molar-refractivity contribution is -0.151. The first-order valence-corrected chi connectivity index (χ1v) is 4.27. The fourth-order valence-electron chi connectivity index (χ4n) is 1.29. The van der Waals surface area contributed by atoms with Gasteiger partial charge in [-0.2, -0.15) is 0 Å². The van der Waals surface area contributed by atoms with Crippen molar-refractivity contribution >= 4 is 18.4 Å². The van der Waals surface area contributed by atoms with Crippen LogP contribution in [0.25, 0.3) is 0 Å². The molecule has 0 radical (unpaired) electrons. The number of nitrogens with two attached hydrogens (primary N) is 1. The van der Waals surface area contributed by atoms with Gasteiger partial charge in [0, 0.05) is 13.2 Å². The van der Waals surface area contributed by atoms with Gasteiger partial charge in [-0.05, 0) is 20.3 Å². The molecule has 0 bridgehead atoms. The third kappa shape index (κ3) is 5.42. The minimum absolute atomic E-state index is 0. The van der Waals surface area contributed by atoms with Crippen LogP contribution in [0.15, 0.2) is 0 Å². The first-order chi connectivity index (χ1) is 5.94. The summed E-state index contributed by atoms with van der Waals surface area (Å²) < 4.78 is 9.54. The van der Waals surface area contributed by atoms with Gasteiger partial charge >= 0.3 is 5.97 Å². The van der Waals surface area contributed by atoms with Crippen LogP contribution in [0.2, 0.25) is 0 Å². The Bertz CT molecular complexity index is 173. The molecule has 0 aromatic carbocycles. The van der Waals surface area contributed by atoms with Crippen molar-refractivity contribution in [3.05, 3.63) is 0 Å². The molecule has 0 saturated heterocycles. The highest BCUT2D eigenvalue weighted by Crippen LogP contribution is 2.23. The number of esters is 1. The minimum atomic E-state index is -0.535. The van der Waals surface area contributed by atoms with Gasteiger partial charge in [-0.1, -0.05) is 0 Å². The van der Waals surface area contributed by atoms with Crippen LogP contribution < -0.4 is 5.73 Å². The zero-order chi connectivity index (χ0) is 10.5. The maximum atomic E-state index is 11.3. The van der Waals surface area contributed by atoms with E-state index in [1.54, 1.807) is 7.11 Å². The zero-order valence-electron chi connectivity index (χ0n) is 9.20. The van der Waals surface area contributed by atoms with Crippen LogP contribution in [0.4, 0.5) is 0 Å². The van der Waals surface area contributed by atoms with Gasteiger partial charge in [-0.3, -0.25) is 4.79 Å². The molecule has 0 aromatic heterocycles. The van der Waals surface area contributed by atoms with Crippen molar-refractivity contribution in [1.82, 2.24) is 0 Å². The first kappa shape index (κ1) is 16.1. The number of carbonyl (C=O) groups is 1. The van der Waals surface area contributed by atoms with E-state index < -0.39 is 5.41 Å². The monoisotopic (exact) mass is 225 g/mol. The van der Waals surface area contributed by atoms with E-state index in [-0.39, 0.29) is 24.4 Å². The molecule has 0 amide bonds. The maximum Gasteiger partial charge on any atom is 0.311 e. The maximum absolute atomic E-state index is 11.3. The summed E-state index contributed by atoms with van der Waals surface area (Å²) in [4.78, 5) is 11.3. The molecule has 0 aromatic rings. The Morgan fingerprint density at radius 1 is 1.43 bits per heavy atom. The second kappa shape index (κ2) is 7.04. The van der Waals surface area contributed by atoms with Crippen LogP contribution in [0.1, 0.15) is 20.3 Å². The summed E-state index contributed by atoms with van der Waals surface area (Å²) in [7, 11) is 2.97. The topological polar surface area (TPSA) is 61.5 Å². The molecular formula is C9H20ClNO3. The van der Waals surface area contributed by atoms with Crippen LogP contribution in [-0.4, -0.2) is 32.8 Å². The molecule has 1 unspecified atom stereocenters. The molecule has 14 heavy (non-hydrogen) atoms. The highest BCUT2D eigenvalue weighted by atomic mass is 35.5. The Balaban J connectivity index is 0. The lowest BCUT2D eigenvalue weighted by Gasteiger charge is -2.24. The van der Waals surface area contributed by atoms with Crippen LogP contribution in [0.5, 0.6) is 0 Å². The van der Waals surface area contributed by atoms with Crippen molar-refractivity contribution in [3.63, 3.8) is 0 Å². The molecule has 0 saturated carbocycles. The lowest BCUT2D eigenvalue weighted by atomic mass is 9.86. The summed E-state index contributed by atoms with van der Waals surface area (Å²) in [6.45, 7) is 4.09. The summed E-state index contributed by atoms with van der Waals surface area (Å²) in [5.41, 5.74) is 5.20. The standard InChI is InChI=1S/C9H19NO3.ClH/c1-9(2,8(11)13-4)5-7(10)6-12-3;/h7H,5-6,10H2,1-4H3;1H. The largest absolute Gasteiger partial charge is 0.469 e. The van der Waals surface area contributed by atoms with Crippen LogP contribution in [-0.2, 0) is 14.3 Å². The quantitative estimate of drug-likeness (QED) is 0.709. The lowest BCUT2D eigenvalue weighted by Crippen LogP contribution is -2.36. The molecule has 0 fully saturated rings. The Morgan fingerprint density at radius 2 is 1.93 bits per heavy atom. The number of hydrogen-bond acceptors (Lipinski definition) is 4. The van der Waals surface area contributed by atoms with Gasteiger partial charge in [0.05, 0.1) is 19.1 Å². The molecular weight excluding hydrogens is 206 g/mol. The number of ether oxygens (including phenoxy) is 2. The van der Waals surface area contributed by atoms with E-state index in [1.165, 1.54) is 7.11 Å². The molecule has 2 N–H and O–H groups in total. The molecule has 0 spiro atoms. The molecule has 1 atom stereocenters. The van der Waals surface area contributed by atoms with Crippen molar-refractivity contribution in [2.24, 2.45) is 11.1 Å². The summed E-state index contributed by atoms with van der Waals surface area (Å²) >= 11 is 0. The predicted molar refractivity (Wildman–Crippen MR) is 57.5 cm³/mol. The molecule has 0 heterocycles. The molecule has 0 aliphatic heterocycles.